The maximum absolute atomic E-state index is 15.6. The van der Waals surface area contributed by atoms with Crippen molar-refractivity contribution in [3.63, 3.8) is 0 Å². The number of fused-ring (bicyclic) bond motifs is 4. The lowest BCUT2D eigenvalue weighted by Crippen LogP contribution is -2.44. The Kier molecular flexibility index (Phi) is 17.2. The molecule has 3 aliphatic heterocycles. The molecular weight excluding hydrogens is 1080 g/mol. The van der Waals surface area contributed by atoms with Gasteiger partial charge in [0.25, 0.3) is 0 Å². The molecule has 17 nitrogen and oxygen atoms in total. The Labute approximate surface area is 474 Å². The van der Waals surface area contributed by atoms with E-state index in [2.05, 4.69) is 31.1 Å². The molecule has 11 rings (SSSR count). The Balaban J connectivity index is 0.000000247. The number of halogens is 6. The van der Waals surface area contributed by atoms with Gasteiger partial charge in [-0.2, -0.15) is 28.2 Å². The fourth-order valence-electron chi connectivity index (χ4n) is 11.1. The Morgan fingerprint density at radius 1 is 0.928 bits per heavy atom. The monoisotopic (exact) mass is 1150 g/mol. The second-order valence-electron chi connectivity index (χ2n) is 21.6. The molecule has 3 saturated heterocycles. The van der Waals surface area contributed by atoms with E-state index in [4.69, 9.17) is 24.2 Å². The number of nitrogens with zero attached hydrogens (tertiary/aromatic N) is 8. The number of methoxy groups -OCH3 is 1. The molecule has 0 aliphatic carbocycles. The summed E-state index contributed by atoms with van der Waals surface area (Å²) in [5.74, 6) is -2.02. The first kappa shape index (κ1) is 58.2. The molecule has 0 saturated carbocycles. The van der Waals surface area contributed by atoms with Crippen LogP contribution in [-0.4, -0.2) is 129 Å². The highest BCUT2D eigenvalue weighted by Gasteiger charge is 2.43. The Bertz CT molecular complexity index is 3620. The number of hydrogen-bond donors (Lipinski definition) is 4. The molecule has 3 aromatic heterocycles. The van der Waals surface area contributed by atoms with Crippen LogP contribution in [0.3, 0.4) is 0 Å². The minimum absolute atomic E-state index is 0.00885. The summed E-state index contributed by atoms with van der Waals surface area (Å²) in [6.45, 7) is 8.74. The van der Waals surface area contributed by atoms with Crippen molar-refractivity contribution in [2.45, 2.75) is 96.1 Å². The molecule has 0 radical (unpaired) electrons. The van der Waals surface area contributed by atoms with Gasteiger partial charge in [0.2, 0.25) is 5.91 Å². The molecule has 5 unspecified atom stereocenters. The molecule has 6 atom stereocenters. The van der Waals surface area contributed by atoms with Crippen LogP contribution in [0.4, 0.5) is 32.2 Å². The van der Waals surface area contributed by atoms with Crippen LogP contribution in [0.15, 0.2) is 91.3 Å². The fourth-order valence-corrected chi connectivity index (χ4v) is 11.1. The number of carbonyl (C=O) groups is 2. The van der Waals surface area contributed by atoms with Crippen LogP contribution >= 0.6 is 0 Å². The fraction of sp³-hybridized carbons (Fsp3) is 0.383. The van der Waals surface area contributed by atoms with E-state index in [9.17, 15) is 23.5 Å². The van der Waals surface area contributed by atoms with Gasteiger partial charge in [0.05, 0.1) is 53.8 Å². The van der Waals surface area contributed by atoms with Crippen LogP contribution in [-0.2, 0) is 27.1 Å². The second kappa shape index (κ2) is 24.5. The molecule has 0 spiro atoms. The number of aliphatic hydroxyl groups is 1. The summed E-state index contributed by atoms with van der Waals surface area (Å²) >= 11 is 0. The van der Waals surface area contributed by atoms with E-state index in [0.717, 1.165) is 38.2 Å². The van der Waals surface area contributed by atoms with Crippen molar-refractivity contribution in [3.8, 4) is 45.3 Å². The number of H-pyrrole nitrogens is 1. The molecular formula is C60H63F6N11O6. The van der Waals surface area contributed by atoms with Crippen LogP contribution < -0.4 is 25.0 Å². The van der Waals surface area contributed by atoms with E-state index < -0.39 is 41.3 Å². The van der Waals surface area contributed by atoms with Gasteiger partial charge in [0.15, 0.2) is 5.75 Å². The number of ether oxygens (including phenoxy) is 3. The highest BCUT2D eigenvalue weighted by atomic mass is 19.4. The Morgan fingerprint density at radius 3 is 2.29 bits per heavy atom. The summed E-state index contributed by atoms with van der Waals surface area (Å²) in [6.07, 6.45) is 1.21. The number of likely N-dealkylation sites (N-methyl/N-ethyl adjacent to an activating group) is 1. The first-order chi connectivity index (χ1) is 39.8. The lowest BCUT2D eigenvalue weighted by Gasteiger charge is -2.30. The summed E-state index contributed by atoms with van der Waals surface area (Å²) in [6, 6.07) is 18.5. The molecule has 4 N–H and O–H groups in total. The van der Waals surface area contributed by atoms with Crippen molar-refractivity contribution >= 4 is 39.8 Å². The lowest BCUT2D eigenvalue weighted by atomic mass is 9.90. The lowest BCUT2D eigenvalue weighted by molar-refractivity contribution is -0.137. The van der Waals surface area contributed by atoms with Crippen molar-refractivity contribution in [1.29, 1.82) is 0 Å². The smallest absolute Gasteiger partial charge is 0.417 e. The van der Waals surface area contributed by atoms with Crippen molar-refractivity contribution in [2.75, 3.05) is 51.9 Å². The van der Waals surface area contributed by atoms with Gasteiger partial charge in [-0.15, -0.1) is 5.10 Å². The predicted molar refractivity (Wildman–Crippen MR) is 299 cm³/mol. The van der Waals surface area contributed by atoms with Gasteiger partial charge in [0.1, 0.15) is 60.0 Å². The van der Waals surface area contributed by atoms with E-state index in [-0.39, 0.29) is 118 Å². The van der Waals surface area contributed by atoms with Gasteiger partial charge in [-0.1, -0.05) is 73.7 Å². The minimum atomic E-state index is -4.92. The third kappa shape index (κ3) is 12.1. The number of piperazine rings is 1. The van der Waals surface area contributed by atoms with Crippen molar-refractivity contribution in [3.05, 3.63) is 131 Å². The average Bonchev–Trinajstić information content (AvgIpc) is 2.53. The number of amides is 1. The van der Waals surface area contributed by atoms with E-state index in [1.165, 1.54) is 49.2 Å². The van der Waals surface area contributed by atoms with E-state index in [1.807, 2.05) is 30.7 Å². The van der Waals surface area contributed by atoms with Crippen molar-refractivity contribution < 1.29 is 55.2 Å². The number of nitrogens with one attached hydrogen (secondary N) is 3. The van der Waals surface area contributed by atoms with E-state index in [0.29, 0.717) is 41.0 Å². The largest absolute Gasteiger partial charge is 0.486 e. The molecule has 1 amide bonds. The van der Waals surface area contributed by atoms with Gasteiger partial charge < -0.3 is 39.6 Å². The third-order valence-corrected chi connectivity index (χ3v) is 15.7. The van der Waals surface area contributed by atoms with Crippen LogP contribution in [0.1, 0.15) is 74.4 Å². The number of benzene rings is 5. The van der Waals surface area contributed by atoms with Gasteiger partial charge in [-0.3, -0.25) is 14.8 Å². The first-order valence-electron chi connectivity index (χ1n) is 27.3. The maximum Gasteiger partial charge on any atom is 0.417 e. The number of carbonyl (C=O) groups excluding carboxylic acids is 2. The zero-order chi connectivity index (χ0) is 58.9. The van der Waals surface area contributed by atoms with E-state index in [1.54, 1.807) is 61.7 Å². The van der Waals surface area contributed by atoms with Gasteiger partial charge in [-0.25, -0.2) is 17.9 Å². The number of aromatic amines is 1. The quantitative estimate of drug-likeness (QED) is 0.0468. The molecule has 83 heavy (non-hydrogen) atoms. The number of alkyl halides is 3. The van der Waals surface area contributed by atoms with E-state index >= 15 is 17.6 Å². The average molecular weight is 1150 g/mol. The van der Waals surface area contributed by atoms with Gasteiger partial charge in [0, 0.05) is 59.7 Å². The molecule has 3 fully saturated rings. The molecule has 23 heteroatoms. The molecule has 8 aromatic rings. The molecule has 6 heterocycles. The van der Waals surface area contributed by atoms with Crippen molar-refractivity contribution in [1.82, 2.24) is 50.7 Å². The zero-order valence-corrected chi connectivity index (χ0v) is 46.5. The van der Waals surface area contributed by atoms with Gasteiger partial charge in [-0.05, 0) is 99.1 Å². The topological polar surface area (TPSA) is 198 Å². The summed E-state index contributed by atoms with van der Waals surface area (Å²) in [7, 11) is 3.44. The molecule has 2 bridgehead atoms. The zero-order valence-electron chi connectivity index (χ0n) is 46.5. The summed E-state index contributed by atoms with van der Waals surface area (Å²) < 4.78 is 110. The Hall–Kier alpha value is -7.99. The third-order valence-electron chi connectivity index (χ3n) is 15.7. The van der Waals surface area contributed by atoms with Crippen molar-refractivity contribution in [2.24, 2.45) is 5.92 Å². The molecule has 3 aliphatic rings. The number of hydrogen-bond acceptors (Lipinski definition) is 14. The normalized spacial score (nSPS) is 18.1. The highest BCUT2D eigenvalue weighted by molar-refractivity contribution is 6.06. The molecule has 5 aromatic carbocycles. The predicted octanol–water partition coefficient (Wildman–Crippen LogP) is 9.71. The number of aliphatic hydroxyl groups excluding tert-OH is 1. The second-order valence-corrected chi connectivity index (χ2v) is 21.6. The molecule has 436 valence electrons. The number of anilines is 1. The van der Waals surface area contributed by atoms with Crippen LogP contribution in [0.25, 0.3) is 55.3 Å². The van der Waals surface area contributed by atoms with Crippen LogP contribution in [0, 0.1) is 30.3 Å². The van der Waals surface area contributed by atoms with Gasteiger partial charge >= 0.3 is 12.2 Å². The standard InChI is InChI=1S/C40H41F4N9O4.C20H22F2N2O2/c1-20(2)33(17-54)53-16-32(50-51-53)24-8-6-23(7-9-24)19-56-37-35(34-22(4)30(41)12-31-28(34)14-46-49-31)29(40(42,43)44)11-27-36(37)47-39(57-18-21(3)55-5)48-38(27)52-15-25-10-26(52)13-45-25;1-24-11-3-6-18(24)20(26)23-17(12-25)13-7-9-14(10-8-13)19-15(21)4-2-5-16(19)22/h6-9,11-12,14,16-17,20-21,25-26,33,45H,10,13,15,18-19H2,1-5H3,(H,46,49);2,4-5,7-10,17-18,25H,3,6,11-12H2,1H3,(H,23,26)/t21-,25?,26?,33?;/m0./s1. The Morgan fingerprint density at radius 2 is 1.66 bits per heavy atom. The summed E-state index contributed by atoms with van der Waals surface area (Å²) in [4.78, 5) is 37.5. The van der Waals surface area contributed by atoms with Crippen LogP contribution in [0.5, 0.6) is 11.8 Å². The first-order valence-corrected chi connectivity index (χ1v) is 27.3. The number of aromatic nitrogens is 7. The number of rotatable bonds is 18. The number of aldehydes is 1. The highest BCUT2D eigenvalue weighted by Crippen LogP contribution is 2.51. The summed E-state index contributed by atoms with van der Waals surface area (Å²) in [5.41, 5.74) is 1.68. The summed E-state index contributed by atoms with van der Waals surface area (Å²) in [5, 5.41) is 31.5. The number of likely N-dealkylation sites (tertiary alicyclic amines) is 1. The SMILES string of the molecule is CN1CCCC1C(=O)NC(CO)c1ccc(-c2c(F)cccc2F)cc1.CO[C@@H](C)COc1nc(N2CC3CC2CN3)c2cc(C(F)(F)F)c(-c3c(C)c(F)cc4[nH]ncc34)c(OCc3ccc(-c4cn(C(C=O)C(C)C)nn4)cc3)c2n1. The van der Waals surface area contributed by atoms with Crippen LogP contribution in [0.2, 0.25) is 0 Å². The maximum atomic E-state index is 15.6. The minimum Gasteiger partial charge on any atom is -0.486 e.